The molecule has 0 spiro atoms. The van der Waals surface area contributed by atoms with Gasteiger partial charge in [-0.1, -0.05) is 64.1 Å². The van der Waals surface area contributed by atoms with Crippen LogP contribution < -0.4 is 15.4 Å². The summed E-state index contributed by atoms with van der Waals surface area (Å²) in [6, 6.07) is 16.8. The first kappa shape index (κ1) is 32.3. The van der Waals surface area contributed by atoms with Crippen LogP contribution in [0.2, 0.25) is 0 Å². The Morgan fingerprint density at radius 1 is 0.886 bits per heavy atom. The van der Waals surface area contributed by atoms with E-state index in [0.29, 0.717) is 17.3 Å². The summed E-state index contributed by atoms with van der Waals surface area (Å²) in [5.41, 5.74) is 3.32. The number of hydrogen-bond acceptors (Lipinski definition) is 7. The molecule has 0 radical (unpaired) electrons. The van der Waals surface area contributed by atoms with Gasteiger partial charge in [-0.2, -0.15) is 0 Å². The van der Waals surface area contributed by atoms with E-state index in [0.717, 1.165) is 39.3 Å². The third kappa shape index (κ3) is 8.50. The van der Waals surface area contributed by atoms with Crippen LogP contribution in [-0.2, 0) is 21.4 Å². The Morgan fingerprint density at radius 2 is 1.52 bits per heavy atom. The molecule has 2 atom stereocenters. The van der Waals surface area contributed by atoms with Gasteiger partial charge in [0, 0.05) is 34.8 Å². The number of rotatable bonds is 12. The molecule has 2 aromatic carbocycles. The van der Waals surface area contributed by atoms with Crippen molar-refractivity contribution in [2.24, 2.45) is 0 Å². The van der Waals surface area contributed by atoms with Crippen molar-refractivity contribution in [2.45, 2.75) is 65.0 Å². The van der Waals surface area contributed by atoms with Gasteiger partial charge in [0.1, 0.15) is 17.8 Å². The average Bonchev–Trinajstić information content (AvgIpc) is 3.52. The highest BCUT2D eigenvalue weighted by molar-refractivity contribution is 7.14. The van der Waals surface area contributed by atoms with E-state index in [1.54, 1.807) is 18.5 Å². The van der Waals surface area contributed by atoms with Crippen LogP contribution >= 0.6 is 11.3 Å². The number of carbonyl (C=O) groups excluding carboxylic acids is 2. The molecule has 4 rings (SSSR count). The van der Waals surface area contributed by atoms with Crippen molar-refractivity contribution in [1.82, 2.24) is 20.6 Å². The fourth-order valence-electron chi connectivity index (χ4n) is 4.29. The lowest BCUT2D eigenvalue weighted by Crippen LogP contribution is -2.51. The highest BCUT2D eigenvalue weighted by Crippen LogP contribution is 2.29. The van der Waals surface area contributed by atoms with E-state index >= 15 is 0 Å². The summed E-state index contributed by atoms with van der Waals surface area (Å²) in [4.78, 5) is 48.2. The van der Waals surface area contributed by atoms with Gasteiger partial charge < -0.3 is 20.5 Å². The van der Waals surface area contributed by atoms with Crippen LogP contribution in [0.25, 0.3) is 22.5 Å². The molecule has 9 nitrogen and oxygen atoms in total. The third-order valence-corrected chi connectivity index (χ3v) is 8.39. The van der Waals surface area contributed by atoms with Crippen molar-refractivity contribution in [3.63, 3.8) is 0 Å². The van der Waals surface area contributed by atoms with Crippen molar-refractivity contribution < 1.29 is 24.2 Å². The summed E-state index contributed by atoms with van der Waals surface area (Å²) in [6.45, 7) is 10.3. The van der Waals surface area contributed by atoms with Crippen molar-refractivity contribution in [3.05, 3.63) is 88.4 Å². The lowest BCUT2D eigenvalue weighted by molar-refractivity contribution is -0.141. The van der Waals surface area contributed by atoms with Gasteiger partial charge in [0.05, 0.1) is 11.5 Å². The smallest absolute Gasteiger partial charge is 0.325 e. The lowest BCUT2D eigenvalue weighted by Gasteiger charge is -2.20. The second-order valence-electron chi connectivity index (χ2n) is 11.6. The van der Waals surface area contributed by atoms with Crippen molar-refractivity contribution in [2.75, 3.05) is 6.61 Å². The molecule has 0 saturated carbocycles. The highest BCUT2D eigenvalue weighted by atomic mass is 32.1. The number of amides is 2. The number of nitrogens with one attached hydrogen (secondary N) is 2. The number of benzene rings is 2. The zero-order valence-electron chi connectivity index (χ0n) is 25.6. The van der Waals surface area contributed by atoms with Gasteiger partial charge in [-0.25, -0.2) is 9.97 Å². The minimum atomic E-state index is -1.16. The van der Waals surface area contributed by atoms with Crippen LogP contribution in [0.5, 0.6) is 5.75 Å². The molecule has 0 aliphatic rings. The van der Waals surface area contributed by atoms with Crippen molar-refractivity contribution >= 4 is 29.1 Å². The van der Waals surface area contributed by atoms with E-state index in [1.807, 2.05) is 54.6 Å². The standard InChI is InChI=1S/C34H38N4O5S/c1-6-17-43-26-13-11-23(12-14-26)25-19-35-30(36-20-25)24-9-7-22(8-10-24)18-27(31(39)37-21(2)33(41)42)38-32(40)28-15-16-29(44-28)34(3,4)5/h7-16,19-21,27H,6,17-18H2,1-5H3,(H,37,39)(H,38,40)(H,41,42). The Bertz CT molecular complexity index is 1580. The Kier molecular flexibility index (Phi) is 10.5. The molecule has 0 bridgehead atoms. The van der Waals surface area contributed by atoms with Gasteiger partial charge >= 0.3 is 5.97 Å². The Morgan fingerprint density at radius 3 is 2.09 bits per heavy atom. The molecule has 2 heterocycles. The number of ether oxygens (including phenoxy) is 1. The largest absolute Gasteiger partial charge is 0.494 e. The predicted molar refractivity (Wildman–Crippen MR) is 172 cm³/mol. The molecule has 230 valence electrons. The molecular weight excluding hydrogens is 576 g/mol. The monoisotopic (exact) mass is 614 g/mol. The minimum Gasteiger partial charge on any atom is -0.494 e. The van der Waals surface area contributed by atoms with E-state index in [4.69, 9.17) is 4.74 Å². The Hall–Kier alpha value is -4.57. The van der Waals surface area contributed by atoms with Crippen LogP contribution in [0.1, 0.15) is 61.2 Å². The molecule has 2 unspecified atom stereocenters. The fraction of sp³-hybridized carbons (Fsp3) is 0.324. The summed E-state index contributed by atoms with van der Waals surface area (Å²) < 4.78 is 5.65. The summed E-state index contributed by atoms with van der Waals surface area (Å²) in [7, 11) is 0. The first-order valence-electron chi connectivity index (χ1n) is 14.5. The first-order valence-corrected chi connectivity index (χ1v) is 15.3. The van der Waals surface area contributed by atoms with E-state index in [9.17, 15) is 19.5 Å². The molecule has 2 amide bonds. The predicted octanol–water partition coefficient (Wildman–Crippen LogP) is 5.89. The number of carboxylic acids is 1. The average molecular weight is 615 g/mol. The summed E-state index contributed by atoms with van der Waals surface area (Å²) >= 11 is 1.37. The summed E-state index contributed by atoms with van der Waals surface area (Å²) in [5.74, 6) is -0.751. The zero-order valence-corrected chi connectivity index (χ0v) is 26.4. The molecular formula is C34H38N4O5S. The molecule has 3 N–H and O–H groups in total. The number of thiophene rings is 1. The number of carboxylic acid groups (broad SMARTS) is 1. The fourth-order valence-corrected chi connectivity index (χ4v) is 5.26. The highest BCUT2D eigenvalue weighted by Gasteiger charge is 2.26. The van der Waals surface area contributed by atoms with E-state index in [2.05, 4.69) is 48.3 Å². The first-order chi connectivity index (χ1) is 20.9. The number of nitrogens with zero attached hydrogens (tertiary/aromatic N) is 2. The SMILES string of the molecule is CCCOc1ccc(-c2cnc(-c3ccc(CC(NC(=O)c4ccc(C(C)(C)C)s4)C(=O)NC(C)C(=O)O)cc3)nc2)cc1. The molecule has 10 heteroatoms. The van der Waals surface area contributed by atoms with Gasteiger partial charge in [-0.05, 0) is 54.2 Å². The minimum absolute atomic E-state index is 0.113. The molecule has 0 aliphatic heterocycles. The molecule has 4 aromatic rings. The topological polar surface area (TPSA) is 131 Å². The number of aliphatic carboxylic acids is 1. The maximum absolute atomic E-state index is 13.1. The van der Waals surface area contributed by atoms with Gasteiger partial charge in [0.15, 0.2) is 5.82 Å². The maximum Gasteiger partial charge on any atom is 0.325 e. The molecule has 0 saturated heterocycles. The van der Waals surface area contributed by atoms with E-state index < -0.39 is 24.0 Å². The Balaban J connectivity index is 1.47. The molecule has 0 fully saturated rings. The number of aromatic nitrogens is 2. The number of hydrogen-bond donors (Lipinski definition) is 3. The third-order valence-electron chi connectivity index (χ3n) is 6.88. The molecule has 0 aliphatic carbocycles. The second kappa shape index (κ2) is 14.3. The quantitative estimate of drug-likeness (QED) is 0.181. The Labute approximate surface area is 261 Å². The van der Waals surface area contributed by atoms with Gasteiger partial charge in [-0.15, -0.1) is 11.3 Å². The number of carbonyl (C=O) groups is 3. The van der Waals surface area contributed by atoms with Crippen molar-refractivity contribution in [1.29, 1.82) is 0 Å². The van der Waals surface area contributed by atoms with Crippen LogP contribution in [0.3, 0.4) is 0 Å². The second-order valence-corrected chi connectivity index (χ2v) is 12.7. The van der Waals surface area contributed by atoms with Gasteiger partial charge in [-0.3, -0.25) is 14.4 Å². The lowest BCUT2D eigenvalue weighted by atomic mass is 9.95. The summed E-state index contributed by atoms with van der Waals surface area (Å²) in [5, 5.41) is 14.6. The van der Waals surface area contributed by atoms with Crippen molar-refractivity contribution in [3.8, 4) is 28.3 Å². The van der Waals surface area contributed by atoms with Gasteiger partial charge in [0.2, 0.25) is 5.91 Å². The summed E-state index contributed by atoms with van der Waals surface area (Å²) in [6.07, 6.45) is 4.66. The normalized spacial score (nSPS) is 12.7. The zero-order chi connectivity index (χ0) is 31.9. The van der Waals surface area contributed by atoms with Gasteiger partial charge in [0.25, 0.3) is 5.91 Å². The van der Waals surface area contributed by atoms with E-state index in [1.165, 1.54) is 18.3 Å². The molecule has 2 aromatic heterocycles. The molecule has 44 heavy (non-hydrogen) atoms. The van der Waals surface area contributed by atoms with Crippen LogP contribution in [0, 0.1) is 0 Å². The van der Waals surface area contributed by atoms with Crippen LogP contribution in [0.15, 0.2) is 73.1 Å². The van der Waals surface area contributed by atoms with Crippen LogP contribution in [-0.4, -0.2) is 51.5 Å². The van der Waals surface area contributed by atoms with Crippen LogP contribution in [0.4, 0.5) is 0 Å². The van der Waals surface area contributed by atoms with E-state index in [-0.39, 0.29) is 17.7 Å². The maximum atomic E-state index is 13.1.